The second kappa shape index (κ2) is 7.80. The number of fused-ring (bicyclic) bond motifs is 1. The van der Waals surface area contributed by atoms with Crippen LogP contribution in [-0.4, -0.2) is 40.3 Å². The average molecular weight is 333 g/mol. The Morgan fingerprint density at radius 3 is 2.87 bits per heavy atom. The lowest BCUT2D eigenvalue weighted by molar-refractivity contribution is -0.142. The summed E-state index contributed by atoms with van der Waals surface area (Å²) in [6.07, 6.45) is 0.876. The van der Waals surface area contributed by atoms with E-state index in [4.69, 9.17) is 4.74 Å². The van der Waals surface area contributed by atoms with Crippen LogP contribution in [0, 0.1) is 11.3 Å². The summed E-state index contributed by atoms with van der Waals surface area (Å²) in [5, 5.41) is 9.67. The van der Waals surface area contributed by atoms with Gasteiger partial charge in [-0.2, -0.15) is 5.26 Å². The monoisotopic (exact) mass is 333 g/mol. The van der Waals surface area contributed by atoms with Gasteiger partial charge in [-0.15, -0.1) is 0 Å². The van der Waals surface area contributed by atoms with E-state index >= 15 is 0 Å². The number of nitrogens with zero attached hydrogens (tertiary/aromatic N) is 3. The van der Waals surface area contributed by atoms with Gasteiger partial charge in [0.1, 0.15) is 16.3 Å². The van der Waals surface area contributed by atoms with Crippen molar-refractivity contribution < 1.29 is 9.53 Å². The summed E-state index contributed by atoms with van der Waals surface area (Å²) in [4.78, 5) is 18.8. The number of aromatic nitrogens is 1. The van der Waals surface area contributed by atoms with E-state index in [-0.39, 0.29) is 11.2 Å². The molecule has 1 unspecified atom stereocenters. The molecule has 1 aliphatic heterocycles. The van der Waals surface area contributed by atoms with Crippen LogP contribution in [-0.2, 0) is 22.5 Å². The fourth-order valence-corrected chi connectivity index (χ4v) is 3.45. The fourth-order valence-electron chi connectivity index (χ4n) is 2.56. The molecule has 0 fully saturated rings. The van der Waals surface area contributed by atoms with E-state index in [1.807, 2.05) is 6.07 Å². The van der Waals surface area contributed by atoms with Crippen molar-refractivity contribution in [3.63, 3.8) is 0 Å². The SMILES string of the molecule is CCOC(=O)C(C)Sc1nc2c(cc1C#N)CN(C(C)C)CC2. The number of carbonyl (C=O) groups excluding carboxylic acids is 1. The van der Waals surface area contributed by atoms with Crippen LogP contribution < -0.4 is 0 Å². The lowest BCUT2D eigenvalue weighted by Gasteiger charge is -2.31. The van der Waals surface area contributed by atoms with Gasteiger partial charge in [0.25, 0.3) is 0 Å². The minimum atomic E-state index is -0.372. The number of hydrogen-bond acceptors (Lipinski definition) is 6. The van der Waals surface area contributed by atoms with Crippen molar-refractivity contribution in [3.05, 3.63) is 22.9 Å². The molecule has 0 N–H and O–H groups in total. The highest BCUT2D eigenvalue weighted by Gasteiger charge is 2.24. The third-order valence-electron chi connectivity index (χ3n) is 3.92. The molecule has 0 radical (unpaired) electrons. The molecular formula is C17H23N3O2S. The van der Waals surface area contributed by atoms with Crippen molar-refractivity contribution in [1.29, 1.82) is 5.26 Å². The highest BCUT2D eigenvalue weighted by molar-refractivity contribution is 8.00. The molecule has 0 bridgehead atoms. The maximum atomic E-state index is 11.8. The minimum absolute atomic E-state index is 0.271. The number of esters is 1. The van der Waals surface area contributed by atoms with Gasteiger partial charge >= 0.3 is 5.97 Å². The van der Waals surface area contributed by atoms with E-state index in [2.05, 4.69) is 29.8 Å². The van der Waals surface area contributed by atoms with E-state index in [1.165, 1.54) is 11.8 Å². The van der Waals surface area contributed by atoms with Gasteiger partial charge in [-0.3, -0.25) is 9.69 Å². The Labute approximate surface area is 142 Å². The molecule has 0 aliphatic carbocycles. The maximum absolute atomic E-state index is 11.8. The summed E-state index contributed by atoms with van der Waals surface area (Å²) in [5.74, 6) is -0.271. The zero-order valence-electron chi connectivity index (χ0n) is 14.1. The summed E-state index contributed by atoms with van der Waals surface area (Å²) < 4.78 is 5.03. The van der Waals surface area contributed by atoms with Gasteiger partial charge in [0, 0.05) is 31.2 Å². The second-order valence-electron chi connectivity index (χ2n) is 5.89. The molecule has 5 nitrogen and oxygen atoms in total. The zero-order chi connectivity index (χ0) is 17.0. The standard InChI is InChI=1S/C17H23N3O2S/c1-5-22-17(21)12(4)23-16-13(9-18)8-14-10-20(11(2)3)7-6-15(14)19-16/h8,11-12H,5-7,10H2,1-4H3. The molecule has 2 rings (SSSR count). The number of pyridine rings is 1. The van der Waals surface area contributed by atoms with Crippen LogP contribution in [0.3, 0.4) is 0 Å². The lowest BCUT2D eigenvalue weighted by Crippen LogP contribution is -2.36. The molecule has 0 spiro atoms. The Morgan fingerprint density at radius 1 is 1.52 bits per heavy atom. The van der Waals surface area contributed by atoms with E-state index in [0.717, 1.165) is 30.8 Å². The first-order valence-electron chi connectivity index (χ1n) is 7.96. The van der Waals surface area contributed by atoms with Crippen LogP contribution in [0.1, 0.15) is 44.5 Å². The van der Waals surface area contributed by atoms with E-state index in [1.54, 1.807) is 13.8 Å². The van der Waals surface area contributed by atoms with Crippen LogP contribution in [0.4, 0.5) is 0 Å². The number of nitriles is 1. The van der Waals surface area contributed by atoms with Crippen molar-refractivity contribution in [1.82, 2.24) is 9.88 Å². The molecule has 0 saturated carbocycles. The average Bonchev–Trinajstić information content (AvgIpc) is 2.53. The third-order valence-corrected chi connectivity index (χ3v) is 5.00. The highest BCUT2D eigenvalue weighted by Crippen LogP contribution is 2.29. The van der Waals surface area contributed by atoms with Gasteiger partial charge in [0.2, 0.25) is 0 Å². The van der Waals surface area contributed by atoms with Gasteiger partial charge in [-0.1, -0.05) is 11.8 Å². The van der Waals surface area contributed by atoms with Gasteiger partial charge in [0.15, 0.2) is 0 Å². The largest absolute Gasteiger partial charge is 0.465 e. The quantitative estimate of drug-likeness (QED) is 0.610. The van der Waals surface area contributed by atoms with Gasteiger partial charge in [-0.05, 0) is 39.3 Å². The molecule has 6 heteroatoms. The Balaban J connectivity index is 2.23. The topological polar surface area (TPSA) is 66.2 Å². The van der Waals surface area contributed by atoms with Crippen LogP contribution in [0.5, 0.6) is 0 Å². The summed E-state index contributed by atoms with van der Waals surface area (Å²) in [6.45, 7) is 10.1. The predicted molar refractivity (Wildman–Crippen MR) is 90.2 cm³/mol. The molecule has 0 saturated heterocycles. The lowest BCUT2D eigenvalue weighted by atomic mass is 10.0. The van der Waals surface area contributed by atoms with Crippen LogP contribution in [0.25, 0.3) is 0 Å². The Bertz CT molecular complexity index is 625. The normalized spacial score (nSPS) is 15.8. The molecule has 23 heavy (non-hydrogen) atoms. The van der Waals surface area contributed by atoms with Gasteiger partial charge in [0.05, 0.1) is 12.2 Å². The first-order chi connectivity index (χ1) is 11.0. The van der Waals surface area contributed by atoms with Crippen LogP contribution in [0.15, 0.2) is 11.1 Å². The molecule has 1 aromatic heterocycles. The second-order valence-corrected chi connectivity index (χ2v) is 7.21. The first kappa shape index (κ1) is 17.8. The van der Waals surface area contributed by atoms with Crippen LogP contribution in [0.2, 0.25) is 0 Å². The fraction of sp³-hybridized carbons (Fsp3) is 0.588. The number of rotatable bonds is 5. The third kappa shape index (κ3) is 4.24. The van der Waals surface area contributed by atoms with Crippen molar-refractivity contribution in [2.24, 2.45) is 0 Å². The molecule has 1 aliphatic rings. The van der Waals surface area contributed by atoms with Crippen molar-refractivity contribution in [3.8, 4) is 6.07 Å². The smallest absolute Gasteiger partial charge is 0.319 e. The molecular weight excluding hydrogens is 310 g/mol. The molecule has 1 aromatic rings. The number of ether oxygens (including phenoxy) is 1. The summed E-state index contributed by atoms with van der Waals surface area (Å²) in [7, 11) is 0. The van der Waals surface area contributed by atoms with Gasteiger partial charge < -0.3 is 4.74 Å². The Hall–Kier alpha value is -1.58. The zero-order valence-corrected chi connectivity index (χ0v) is 14.9. The van der Waals surface area contributed by atoms with E-state index in [9.17, 15) is 10.1 Å². The number of thioether (sulfide) groups is 1. The molecule has 2 heterocycles. The summed E-state index contributed by atoms with van der Waals surface area (Å²) >= 11 is 1.30. The summed E-state index contributed by atoms with van der Waals surface area (Å²) in [6, 6.07) is 4.62. The van der Waals surface area contributed by atoms with Crippen molar-refractivity contribution in [2.45, 2.75) is 57.0 Å². The Morgan fingerprint density at radius 2 is 2.26 bits per heavy atom. The molecule has 124 valence electrons. The van der Waals surface area contributed by atoms with E-state index in [0.29, 0.717) is 23.2 Å². The highest BCUT2D eigenvalue weighted by atomic mass is 32.2. The van der Waals surface area contributed by atoms with E-state index < -0.39 is 0 Å². The number of hydrogen-bond donors (Lipinski definition) is 0. The van der Waals surface area contributed by atoms with Gasteiger partial charge in [-0.25, -0.2) is 4.98 Å². The molecule has 1 atom stereocenters. The minimum Gasteiger partial charge on any atom is -0.465 e. The predicted octanol–water partition coefficient (Wildman–Crippen LogP) is 2.76. The maximum Gasteiger partial charge on any atom is 0.319 e. The summed E-state index contributed by atoms with van der Waals surface area (Å²) in [5.41, 5.74) is 2.70. The Kier molecular flexibility index (Phi) is 6.03. The first-order valence-corrected chi connectivity index (χ1v) is 8.84. The van der Waals surface area contributed by atoms with Crippen molar-refractivity contribution in [2.75, 3.05) is 13.2 Å². The molecule has 0 aromatic carbocycles. The van der Waals surface area contributed by atoms with Crippen LogP contribution >= 0.6 is 11.8 Å². The number of carbonyl (C=O) groups is 1. The molecule has 0 amide bonds. The van der Waals surface area contributed by atoms with Crippen molar-refractivity contribution >= 4 is 17.7 Å².